The zero-order valence-electron chi connectivity index (χ0n) is 13.8. The zero-order valence-corrected chi connectivity index (χ0v) is 13.8. The topological polar surface area (TPSA) is 40.0 Å². The van der Waals surface area contributed by atoms with E-state index in [4.69, 9.17) is 9.47 Å². The number of rotatable bonds is 6. The molecule has 0 bridgehead atoms. The highest BCUT2D eigenvalue weighted by Crippen LogP contribution is 2.25. The van der Waals surface area contributed by atoms with Crippen LogP contribution in [0.2, 0.25) is 0 Å². The normalized spacial score (nSPS) is 16.6. The predicted octanol–water partition coefficient (Wildman–Crippen LogP) is 4.48. The predicted molar refractivity (Wildman–Crippen MR) is 85.9 cm³/mol. The first-order valence-electron chi connectivity index (χ1n) is 7.95. The standard InChI is InChI=1S/C18H14F5NO3/c19-11-1-6-15(16(20)9-11)17-24-12(10-26-17)7-8-25-13-2-4-14(5-3-13)27-18(21,22)23/h1-6,9,12H,7-8,10H2. The Labute approximate surface area is 151 Å². The Hall–Kier alpha value is -2.84. The van der Waals surface area contributed by atoms with E-state index in [9.17, 15) is 22.0 Å². The van der Waals surface area contributed by atoms with Crippen LogP contribution in [0, 0.1) is 11.6 Å². The molecule has 2 aromatic rings. The van der Waals surface area contributed by atoms with E-state index in [2.05, 4.69) is 9.73 Å². The molecule has 0 saturated heterocycles. The van der Waals surface area contributed by atoms with E-state index in [1.165, 1.54) is 18.2 Å². The molecule has 0 radical (unpaired) electrons. The first-order valence-corrected chi connectivity index (χ1v) is 7.95. The van der Waals surface area contributed by atoms with Crippen LogP contribution in [0.1, 0.15) is 12.0 Å². The summed E-state index contributed by atoms with van der Waals surface area (Å²) < 4.78 is 77.5. The highest BCUT2D eigenvalue weighted by molar-refractivity contribution is 5.95. The number of halogens is 5. The van der Waals surface area contributed by atoms with Crippen molar-refractivity contribution >= 4 is 5.90 Å². The van der Waals surface area contributed by atoms with Crippen molar-refractivity contribution in [2.24, 2.45) is 4.99 Å². The summed E-state index contributed by atoms with van der Waals surface area (Å²) in [5.41, 5.74) is 0.0834. The summed E-state index contributed by atoms with van der Waals surface area (Å²) in [5, 5.41) is 0. The van der Waals surface area contributed by atoms with Gasteiger partial charge in [-0.1, -0.05) is 0 Å². The Morgan fingerprint density at radius 3 is 2.41 bits per heavy atom. The van der Waals surface area contributed by atoms with Gasteiger partial charge in [0.05, 0.1) is 18.2 Å². The van der Waals surface area contributed by atoms with Crippen molar-refractivity contribution in [1.29, 1.82) is 0 Å². The summed E-state index contributed by atoms with van der Waals surface area (Å²) in [7, 11) is 0. The van der Waals surface area contributed by atoms with Gasteiger partial charge in [0.25, 0.3) is 0 Å². The lowest BCUT2D eigenvalue weighted by Crippen LogP contribution is -2.17. The molecule has 1 atom stereocenters. The van der Waals surface area contributed by atoms with Crippen LogP contribution >= 0.6 is 0 Å². The number of alkyl halides is 3. The molecular formula is C18H14F5NO3. The Morgan fingerprint density at radius 1 is 1.04 bits per heavy atom. The van der Waals surface area contributed by atoms with Gasteiger partial charge in [0.15, 0.2) is 0 Å². The molecule has 1 heterocycles. The Morgan fingerprint density at radius 2 is 1.74 bits per heavy atom. The van der Waals surface area contributed by atoms with Crippen molar-refractivity contribution in [3.63, 3.8) is 0 Å². The van der Waals surface area contributed by atoms with Gasteiger partial charge in [0.1, 0.15) is 29.7 Å². The molecule has 1 unspecified atom stereocenters. The summed E-state index contributed by atoms with van der Waals surface area (Å²) in [5.74, 6) is -1.31. The molecule has 0 saturated carbocycles. The maximum absolute atomic E-state index is 13.7. The smallest absolute Gasteiger partial charge is 0.494 e. The minimum absolute atomic E-state index is 0.0834. The molecule has 0 amide bonds. The number of aliphatic imine (C=N–C) groups is 1. The molecule has 27 heavy (non-hydrogen) atoms. The molecule has 0 fully saturated rings. The molecule has 3 rings (SSSR count). The molecule has 2 aromatic carbocycles. The van der Waals surface area contributed by atoms with Gasteiger partial charge in [0.2, 0.25) is 5.90 Å². The minimum atomic E-state index is -4.75. The van der Waals surface area contributed by atoms with Crippen molar-refractivity contribution < 1.29 is 36.2 Å². The summed E-state index contributed by atoms with van der Waals surface area (Å²) in [6, 6.07) is 7.87. The van der Waals surface area contributed by atoms with Crippen molar-refractivity contribution in [2.75, 3.05) is 13.2 Å². The van der Waals surface area contributed by atoms with Gasteiger partial charge >= 0.3 is 6.36 Å². The van der Waals surface area contributed by atoms with Crippen LogP contribution in [-0.2, 0) is 4.74 Å². The molecule has 0 aromatic heterocycles. The molecule has 4 nitrogen and oxygen atoms in total. The maximum Gasteiger partial charge on any atom is 0.573 e. The summed E-state index contributed by atoms with van der Waals surface area (Å²) >= 11 is 0. The van der Waals surface area contributed by atoms with E-state index in [1.807, 2.05) is 0 Å². The molecule has 1 aliphatic rings. The number of nitrogens with zero attached hydrogens (tertiary/aromatic N) is 1. The van der Waals surface area contributed by atoms with Gasteiger partial charge in [0, 0.05) is 12.5 Å². The quantitative estimate of drug-likeness (QED) is 0.687. The van der Waals surface area contributed by atoms with Gasteiger partial charge < -0.3 is 14.2 Å². The van der Waals surface area contributed by atoms with Gasteiger partial charge in [-0.15, -0.1) is 13.2 Å². The largest absolute Gasteiger partial charge is 0.573 e. The number of benzene rings is 2. The van der Waals surface area contributed by atoms with Crippen molar-refractivity contribution in [1.82, 2.24) is 0 Å². The monoisotopic (exact) mass is 387 g/mol. The molecule has 144 valence electrons. The van der Waals surface area contributed by atoms with Gasteiger partial charge in [-0.2, -0.15) is 0 Å². The number of ether oxygens (including phenoxy) is 3. The third kappa shape index (κ3) is 5.32. The van der Waals surface area contributed by atoms with Crippen molar-refractivity contribution in [2.45, 2.75) is 18.8 Å². The van der Waals surface area contributed by atoms with E-state index in [1.54, 1.807) is 0 Å². The highest BCUT2D eigenvalue weighted by atomic mass is 19.4. The minimum Gasteiger partial charge on any atom is -0.494 e. The average Bonchev–Trinajstić information content (AvgIpc) is 3.04. The van der Waals surface area contributed by atoms with Crippen LogP contribution in [0.15, 0.2) is 47.5 Å². The second kappa shape index (κ2) is 7.81. The Bertz CT molecular complexity index is 821. The second-order valence-electron chi connectivity index (χ2n) is 5.68. The molecule has 0 spiro atoms. The number of hydrogen-bond donors (Lipinski definition) is 0. The summed E-state index contributed by atoms with van der Waals surface area (Å²) in [6.45, 7) is 0.462. The van der Waals surface area contributed by atoms with Gasteiger partial charge in [-0.3, -0.25) is 0 Å². The zero-order chi connectivity index (χ0) is 19.4. The Balaban J connectivity index is 1.50. The van der Waals surface area contributed by atoms with E-state index in [0.29, 0.717) is 12.2 Å². The fourth-order valence-corrected chi connectivity index (χ4v) is 2.42. The lowest BCUT2D eigenvalue weighted by molar-refractivity contribution is -0.274. The summed E-state index contributed by atoms with van der Waals surface area (Å²) in [6.07, 6.45) is -4.29. The second-order valence-corrected chi connectivity index (χ2v) is 5.68. The molecule has 0 aliphatic carbocycles. The molecule has 0 N–H and O–H groups in total. The first-order chi connectivity index (χ1) is 12.8. The third-order valence-electron chi connectivity index (χ3n) is 3.65. The lowest BCUT2D eigenvalue weighted by atomic mass is 10.2. The van der Waals surface area contributed by atoms with Gasteiger partial charge in [-0.25, -0.2) is 13.8 Å². The van der Waals surface area contributed by atoms with E-state index in [-0.39, 0.29) is 36.5 Å². The van der Waals surface area contributed by atoms with Crippen LogP contribution < -0.4 is 9.47 Å². The van der Waals surface area contributed by atoms with Gasteiger partial charge in [-0.05, 0) is 36.4 Å². The van der Waals surface area contributed by atoms with E-state index in [0.717, 1.165) is 24.3 Å². The van der Waals surface area contributed by atoms with Crippen LogP contribution in [0.3, 0.4) is 0 Å². The third-order valence-corrected chi connectivity index (χ3v) is 3.65. The van der Waals surface area contributed by atoms with E-state index >= 15 is 0 Å². The average molecular weight is 387 g/mol. The fourth-order valence-electron chi connectivity index (χ4n) is 2.42. The van der Waals surface area contributed by atoms with Crippen molar-refractivity contribution in [3.8, 4) is 11.5 Å². The number of hydrogen-bond acceptors (Lipinski definition) is 4. The molecular weight excluding hydrogens is 373 g/mol. The first kappa shape index (κ1) is 18.9. The molecule has 1 aliphatic heterocycles. The Kier molecular flexibility index (Phi) is 5.48. The van der Waals surface area contributed by atoms with Crippen LogP contribution in [0.5, 0.6) is 11.5 Å². The summed E-state index contributed by atoms with van der Waals surface area (Å²) in [4.78, 5) is 4.24. The highest BCUT2D eigenvalue weighted by Gasteiger charge is 2.31. The molecule has 9 heteroatoms. The van der Waals surface area contributed by atoms with Crippen LogP contribution in [0.4, 0.5) is 22.0 Å². The lowest BCUT2D eigenvalue weighted by Gasteiger charge is -2.10. The SMILES string of the molecule is Fc1ccc(C2=NC(CCOc3ccc(OC(F)(F)F)cc3)CO2)c(F)c1. The van der Waals surface area contributed by atoms with Crippen molar-refractivity contribution in [3.05, 3.63) is 59.7 Å². The van der Waals surface area contributed by atoms with Crippen LogP contribution in [0.25, 0.3) is 0 Å². The maximum atomic E-state index is 13.7. The van der Waals surface area contributed by atoms with Crippen LogP contribution in [-0.4, -0.2) is 31.5 Å². The fraction of sp³-hybridized carbons (Fsp3) is 0.278. The van der Waals surface area contributed by atoms with E-state index < -0.39 is 18.0 Å².